The van der Waals surface area contributed by atoms with Crippen LogP contribution < -0.4 is 19.8 Å². The van der Waals surface area contributed by atoms with Gasteiger partial charge in [-0.2, -0.15) is 0 Å². The van der Waals surface area contributed by atoms with E-state index in [2.05, 4.69) is 72.7 Å². The third-order valence-corrected chi connectivity index (χ3v) is 6.17. The number of hydrogen-bond acceptors (Lipinski definition) is 4. The molecular formula is C18H13BrIN3OS. The molecule has 25 heavy (non-hydrogen) atoms. The molecule has 2 heterocycles. The smallest absolute Gasteiger partial charge is 0.271 e. The van der Waals surface area contributed by atoms with Gasteiger partial charge in [-0.1, -0.05) is 39.4 Å². The Balaban J connectivity index is 1.71. The van der Waals surface area contributed by atoms with Crippen molar-refractivity contribution < 1.29 is 0 Å². The fourth-order valence-corrected chi connectivity index (χ4v) is 4.41. The Morgan fingerprint density at radius 3 is 2.76 bits per heavy atom. The lowest BCUT2D eigenvalue weighted by Gasteiger charge is -2.25. The van der Waals surface area contributed by atoms with Crippen LogP contribution in [0.4, 0.5) is 5.69 Å². The highest BCUT2D eigenvalue weighted by Gasteiger charge is 2.15. The summed E-state index contributed by atoms with van der Waals surface area (Å²) in [7, 11) is 0. The van der Waals surface area contributed by atoms with Gasteiger partial charge in [0.05, 0.1) is 4.53 Å². The average Bonchev–Trinajstić information content (AvgIpc) is 2.91. The molecule has 0 N–H and O–H groups in total. The number of rotatable bonds is 2. The number of anilines is 1. The van der Waals surface area contributed by atoms with E-state index in [1.54, 1.807) is 4.57 Å². The quantitative estimate of drug-likeness (QED) is 0.482. The van der Waals surface area contributed by atoms with E-state index >= 15 is 0 Å². The van der Waals surface area contributed by atoms with E-state index in [1.165, 1.54) is 14.9 Å². The number of aromatic nitrogens is 1. The lowest BCUT2D eigenvalue weighted by molar-refractivity contribution is 0.569. The Hall–Kier alpha value is -1.45. The molecule has 1 aliphatic rings. The summed E-state index contributed by atoms with van der Waals surface area (Å²) in [6.07, 6.45) is 1.92. The van der Waals surface area contributed by atoms with Crippen molar-refractivity contribution in [3.8, 4) is 0 Å². The van der Waals surface area contributed by atoms with Crippen LogP contribution in [0.5, 0.6) is 0 Å². The van der Waals surface area contributed by atoms with Crippen molar-refractivity contribution in [1.82, 2.24) is 4.57 Å². The van der Waals surface area contributed by atoms with E-state index in [0.29, 0.717) is 17.9 Å². The maximum absolute atomic E-state index is 12.8. The van der Waals surface area contributed by atoms with Crippen LogP contribution in [0.1, 0.15) is 5.56 Å². The Labute approximate surface area is 170 Å². The van der Waals surface area contributed by atoms with E-state index in [4.69, 9.17) is 0 Å². The molecule has 0 radical (unpaired) electrons. The number of benzene rings is 2. The molecular weight excluding hydrogens is 513 g/mol. The van der Waals surface area contributed by atoms with Gasteiger partial charge in [-0.25, -0.2) is 4.99 Å². The highest BCUT2D eigenvalue weighted by Crippen LogP contribution is 2.17. The van der Waals surface area contributed by atoms with Crippen molar-refractivity contribution in [2.24, 2.45) is 4.99 Å². The third-order valence-electron chi connectivity index (χ3n) is 3.92. The Kier molecular flexibility index (Phi) is 4.79. The molecule has 0 unspecified atom stereocenters. The first-order valence-corrected chi connectivity index (χ1v) is 10.3. The maximum Gasteiger partial charge on any atom is 0.271 e. The van der Waals surface area contributed by atoms with Gasteiger partial charge in [-0.05, 0) is 70.6 Å². The molecule has 0 saturated heterocycles. The monoisotopic (exact) mass is 525 g/mol. The van der Waals surface area contributed by atoms with Gasteiger partial charge >= 0.3 is 0 Å². The summed E-state index contributed by atoms with van der Waals surface area (Å²) in [5, 5.41) is 0. The predicted octanol–water partition coefficient (Wildman–Crippen LogP) is 3.16. The molecule has 1 aliphatic heterocycles. The fraction of sp³-hybridized carbons (Fsp3) is 0.111. The molecule has 0 spiro atoms. The predicted molar refractivity (Wildman–Crippen MR) is 114 cm³/mol. The zero-order valence-corrected chi connectivity index (χ0v) is 17.6. The Morgan fingerprint density at radius 2 is 2.00 bits per heavy atom. The van der Waals surface area contributed by atoms with E-state index in [-0.39, 0.29) is 5.56 Å². The van der Waals surface area contributed by atoms with Crippen molar-refractivity contribution in [1.29, 1.82) is 0 Å². The highest BCUT2D eigenvalue weighted by atomic mass is 127. The second-order valence-electron chi connectivity index (χ2n) is 5.64. The maximum atomic E-state index is 12.8. The highest BCUT2D eigenvalue weighted by molar-refractivity contribution is 14.1. The molecule has 1 aromatic heterocycles. The van der Waals surface area contributed by atoms with Crippen molar-refractivity contribution in [2.45, 2.75) is 6.67 Å². The summed E-state index contributed by atoms with van der Waals surface area (Å²) in [6, 6.07) is 16.2. The first-order chi connectivity index (χ1) is 12.1. The van der Waals surface area contributed by atoms with Crippen LogP contribution in [0, 0.1) is 3.57 Å². The van der Waals surface area contributed by atoms with Gasteiger partial charge in [0.2, 0.25) is 0 Å². The normalized spacial score (nSPS) is 14.3. The SMILES string of the molecule is O=c1/c(=C/c2cccc(Br)c2)sc2n1CN(c1ccc(I)cc1)CN=2. The van der Waals surface area contributed by atoms with Crippen molar-refractivity contribution in [3.63, 3.8) is 0 Å². The van der Waals surface area contributed by atoms with Gasteiger partial charge in [0.1, 0.15) is 13.3 Å². The van der Waals surface area contributed by atoms with Gasteiger partial charge in [0.25, 0.3) is 5.56 Å². The molecule has 4 rings (SSSR count). The molecule has 0 amide bonds. The lowest BCUT2D eigenvalue weighted by atomic mass is 10.2. The summed E-state index contributed by atoms with van der Waals surface area (Å²) in [6.45, 7) is 1.10. The summed E-state index contributed by atoms with van der Waals surface area (Å²) in [4.78, 5) is 20.2. The Bertz CT molecular complexity index is 1100. The largest absolute Gasteiger partial charge is 0.334 e. The molecule has 3 aromatic rings. The van der Waals surface area contributed by atoms with Crippen LogP contribution in [0.3, 0.4) is 0 Å². The van der Waals surface area contributed by atoms with Crippen LogP contribution in [0.15, 0.2) is 62.8 Å². The summed E-state index contributed by atoms with van der Waals surface area (Å²) in [5.74, 6) is 0. The zero-order chi connectivity index (χ0) is 17.4. The van der Waals surface area contributed by atoms with Gasteiger partial charge in [-0.15, -0.1) is 0 Å². The minimum Gasteiger partial charge on any atom is -0.334 e. The molecule has 7 heteroatoms. The number of hydrogen-bond donors (Lipinski definition) is 0. The van der Waals surface area contributed by atoms with Crippen LogP contribution >= 0.6 is 49.9 Å². The molecule has 0 fully saturated rings. The van der Waals surface area contributed by atoms with E-state index in [1.807, 2.05) is 30.3 Å². The van der Waals surface area contributed by atoms with Crippen molar-refractivity contribution in [2.75, 3.05) is 11.6 Å². The first-order valence-electron chi connectivity index (χ1n) is 7.62. The fourth-order valence-electron chi connectivity index (χ4n) is 2.67. The molecule has 0 saturated carbocycles. The minimum atomic E-state index is 0.0129. The van der Waals surface area contributed by atoms with E-state index in [9.17, 15) is 4.79 Å². The lowest BCUT2D eigenvalue weighted by Crippen LogP contribution is -2.42. The van der Waals surface area contributed by atoms with Crippen molar-refractivity contribution >= 4 is 61.6 Å². The van der Waals surface area contributed by atoms with Gasteiger partial charge < -0.3 is 4.90 Å². The van der Waals surface area contributed by atoms with Gasteiger partial charge in [-0.3, -0.25) is 9.36 Å². The average molecular weight is 526 g/mol. The summed E-state index contributed by atoms with van der Waals surface area (Å²) in [5.41, 5.74) is 2.09. The van der Waals surface area contributed by atoms with Crippen LogP contribution in [-0.4, -0.2) is 11.2 Å². The number of thiazole rings is 1. The minimum absolute atomic E-state index is 0.0129. The van der Waals surface area contributed by atoms with Gasteiger partial charge in [0.15, 0.2) is 4.80 Å². The van der Waals surface area contributed by atoms with Crippen LogP contribution in [-0.2, 0) is 6.67 Å². The van der Waals surface area contributed by atoms with Crippen LogP contribution in [0.25, 0.3) is 6.08 Å². The number of fused-ring (bicyclic) bond motifs is 1. The standard InChI is InChI=1S/C18H13BrIN3OS/c19-13-3-1-2-12(8-13)9-16-17(24)23-11-22(10-21-18(23)25-16)15-6-4-14(20)5-7-15/h1-9H,10-11H2/b16-9-. The molecule has 0 atom stereocenters. The summed E-state index contributed by atoms with van der Waals surface area (Å²) >= 11 is 7.20. The van der Waals surface area contributed by atoms with E-state index < -0.39 is 0 Å². The number of nitrogens with zero attached hydrogens (tertiary/aromatic N) is 3. The molecule has 2 aromatic carbocycles. The van der Waals surface area contributed by atoms with Gasteiger partial charge in [0, 0.05) is 13.7 Å². The number of halogens is 2. The second kappa shape index (κ2) is 7.05. The molecule has 0 bridgehead atoms. The zero-order valence-electron chi connectivity index (χ0n) is 13.0. The van der Waals surface area contributed by atoms with Crippen molar-refractivity contribution in [3.05, 3.63) is 81.8 Å². The first kappa shape index (κ1) is 17.0. The molecule has 0 aliphatic carbocycles. The molecule has 126 valence electrons. The van der Waals surface area contributed by atoms with E-state index in [0.717, 1.165) is 20.5 Å². The second-order valence-corrected chi connectivity index (χ2v) is 8.81. The topological polar surface area (TPSA) is 37.6 Å². The summed E-state index contributed by atoms with van der Waals surface area (Å²) < 4.78 is 4.64. The third kappa shape index (κ3) is 3.58. The Morgan fingerprint density at radius 1 is 1.20 bits per heavy atom. The molecule has 4 nitrogen and oxygen atoms in total. The van der Waals surface area contributed by atoms with Crippen LogP contribution in [0.2, 0.25) is 0 Å².